The molecule has 16 heavy (non-hydrogen) atoms. The predicted octanol–water partition coefficient (Wildman–Crippen LogP) is 2.75. The lowest BCUT2D eigenvalue weighted by Gasteiger charge is -2.10. The average molecular weight is 227 g/mol. The van der Waals surface area contributed by atoms with Gasteiger partial charge in [0.15, 0.2) is 0 Å². The first-order chi connectivity index (χ1) is 7.50. The van der Waals surface area contributed by atoms with Crippen LogP contribution in [0, 0.1) is 0 Å². The van der Waals surface area contributed by atoms with Crippen molar-refractivity contribution in [3.63, 3.8) is 0 Å². The van der Waals surface area contributed by atoms with E-state index in [0.29, 0.717) is 12.0 Å². The van der Waals surface area contributed by atoms with Gasteiger partial charge in [-0.25, -0.2) is 8.78 Å². The SMILES string of the molecule is NC1(CCc2cc(C(F)F)ccc2O)CC1. The molecular weight excluding hydrogens is 212 g/mol. The van der Waals surface area contributed by atoms with Gasteiger partial charge in [-0.3, -0.25) is 0 Å². The van der Waals surface area contributed by atoms with Gasteiger partial charge in [0.2, 0.25) is 0 Å². The van der Waals surface area contributed by atoms with Crippen LogP contribution < -0.4 is 5.73 Å². The second kappa shape index (κ2) is 4.01. The quantitative estimate of drug-likeness (QED) is 0.830. The van der Waals surface area contributed by atoms with Crippen LogP contribution in [0.3, 0.4) is 0 Å². The molecule has 0 unspecified atom stereocenters. The monoisotopic (exact) mass is 227 g/mol. The zero-order valence-corrected chi connectivity index (χ0v) is 8.92. The van der Waals surface area contributed by atoms with Crippen molar-refractivity contribution < 1.29 is 13.9 Å². The minimum atomic E-state index is -2.49. The maximum atomic E-state index is 12.5. The van der Waals surface area contributed by atoms with E-state index in [1.807, 2.05) is 0 Å². The van der Waals surface area contributed by atoms with E-state index in [0.717, 1.165) is 19.3 Å². The first-order valence-corrected chi connectivity index (χ1v) is 5.39. The van der Waals surface area contributed by atoms with E-state index >= 15 is 0 Å². The Balaban J connectivity index is 2.09. The molecule has 1 aliphatic rings. The van der Waals surface area contributed by atoms with E-state index < -0.39 is 6.43 Å². The first kappa shape index (κ1) is 11.3. The van der Waals surface area contributed by atoms with Crippen LogP contribution in [-0.2, 0) is 6.42 Å². The molecule has 0 bridgehead atoms. The number of phenolic OH excluding ortho intramolecular Hbond substituents is 1. The van der Waals surface area contributed by atoms with Crippen LogP contribution in [0.2, 0.25) is 0 Å². The van der Waals surface area contributed by atoms with Crippen molar-refractivity contribution in [1.29, 1.82) is 0 Å². The molecule has 2 rings (SSSR count). The number of aryl methyl sites for hydroxylation is 1. The topological polar surface area (TPSA) is 46.2 Å². The van der Waals surface area contributed by atoms with Crippen molar-refractivity contribution >= 4 is 0 Å². The van der Waals surface area contributed by atoms with Gasteiger partial charge in [0.1, 0.15) is 5.75 Å². The molecule has 0 aromatic heterocycles. The van der Waals surface area contributed by atoms with Gasteiger partial charge in [-0.15, -0.1) is 0 Å². The van der Waals surface area contributed by atoms with Crippen LogP contribution in [-0.4, -0.2) is 10.6 Å². The van der Waals surface area contributed by atoms with Gasteiger partial charge in [-0.1, -0.05) is 0 Å². The van der Waals surface area contributed by atoms with Crippen molar-refractivity contribution in [3.05, 3.63) is 29.3 Å². The summed E-state index contributed by atoms with van der Waals surface area (Å²) in [4.78, 5) is 0. The van der Waals surface area contributed by atoms with Gasteiger partial charge in [0.05, 0.1) is 0 Å². The second-order valence-electron chi connectivity index (χ2n) is 4.55. The van der Waals surface area contributed by atoms with E-state index in [4.69, 9.17) is 5.73 Å². The zero-order valence-electron chi connectivity index (χ0n) is 8.92. The number of nitrogens with two attached hydrogens (primary N) is 1. The van der Waals surface area contributed by atoms with Gasteiger partial charge in [0.25, 0.3) is 6.43 Å². The summed E-state index contributed by atoms with van der Waals surface area (Å²) >= 11 is 0. The molecule has 0 aliphatic heterocycles. The van der Waals surface area contributed by atoms with E-state index in [9.17, 15) is 13.9 Å². The molecule has 1 saturated carbocycles. The van der Waals surface area contributed by atoms with Crippen molar-refractivity contribution in [3.8, 4) is 5.75 Å². The summed E-state index contributed by atoms with van der Waals surface area (Å²) in [6.45, 7) is 0. The van der Waals surface area contributed by atoms with Crippen LogP contribution in [0.1, 0.15) is 36.8 Å². The number of benzene rings is 1. The molecule has 1 aromatic rings. The third-order valence-corrected chi connectivity index (χ3v) is 3.14. The maximum Gasteiger partial charge on any atom is 0.263 e. The molecular formula is C12H15F2NO. The number of rotatable bonds is 4. The van der Waals surface area contributed by atoms with E-state index in [1.54, 1.807) is 0 Å². The normalized spacial score (nSPS) is 17.8. The molecule has 0 radical (unpaired) electrons. The molecule has 1 fully saturated rings. The third-order valence-electron chi connectivity index (χ3n) is 3.14. The molecule has 1 aliphatic carbocycles. The predicted molar refractivity (Wildman–Crippen MR) is 57.5 cm³/mol. The number of hydrogen-bond donors (Lipinski definition) is 2. The average Bonchev–Trinajstić information content (AvgIpc) is 2.95. The van der Waals surface area contributed by atoms with Crippen LogP contribution >= 0.6 is 0 Å². The largest absolute Gasteiger partial charge is 0.508 e. The van der Waals surface area contributed by atoms with Gasteiger partial charge in [0, 0.05) is 11.1 Å². The highest BCUT2D eigenvalue weighted by Gasteiger charge is 2.37. The molecule has 0 atom stereocenters. The Bertz CT molecular complexity index is 389. The zero-order chi connectivity index (χ0) is 11.8. The van der Waals surface area contributed by atoms with Crippen molar-refractivity contribution in [2.75, 3.05) is 0 Å². The summed E-state index contributed by atoms with van der Waals surface area (Å²) in [5, 5.41) is 9.55. The van der Waals surface area contributed by atoms with Gasteiger partial charge >= 0.3 is 0 Å². The lowest BCUT2D eigenvalue weighted by atomic mass is 10.0. The molecule has 0 amide bonds. The summed E-state index contributed by atoms with van der Waals surface area (Å²) in [7, 11) is 0. The number of hydrogen-bond acceptors (Lipinski definition) is 2. The summed E-state index contributed by atoms with van der Waals surface area (Å²) in [5.74, 6) is 0.0775. The molecule has 4 heteroatoms. The molecule has 0 spiro atoms. The molecule has 2 nitrogen and oxygen atoms in total. The summed E-state index contributed by atoms with van der Waals surface area (Å²) < 4.78 is 24.9. The highest BCUT2D eigenvalue weighted by Crippen LogP contribution is 2.37. The Morgan fingerprint density at radius 2 is 2.06 bits per heavy atom. The summed E-state index contributed by atoms with van der Waals surface area (Å²) in [5.41, 5.74) is 6.31. The Hall–Kier alpha value is -1.16. The Morgan fingerprint density at radius 1 is 1.38 bits per heavy atom. The Labute approximate surface area is 93.1 Å². The lowest BCUT2D eigenvalue weighted by Crippen LogP contribution is -2.22. The van der Waals surface area contributed by atoms with Crippen molar-refractivity contribution in [2.45, 2.75) is 37.6 Å². The molecule has 88 valence electrons. The number of alkyl halides is 2. The third kappa shape index (κ3) is 2.50. The van der Waals surface area contributed by atoms with Crippen LogP contribution in [0.25, 0.3) is 0 Å². The smallest absolute Gasteiger partial charge is 0.263 e. The maximum absolute atomic E-state index is 12.5. The number of phenols is 1. The highest BCUT2D eigenvalue weighted by molar-refractivity contribution is 5.37. The van der Waals surface area contributed by atoms with Crippen molar-refractivity contribution in [1.82, 2.24) is 0 Å². The minimum absolute atomic E-state index is 0.0466. The summed E-state index contributed by atoms with van der Waals surface area (Å²) in [6.07, 6.45) is 0.785. The lowest BCUT2D eigenvalue weighted by molar-refractivity contribution is 0.151. The van der Waals surface area contributed by atoms with Crippen LogP contribution in [0.15, 0.2) is 18.2 Å². The standard InChI is InChI=1S/C12H15F2NO/c13-11(14)9-1-2-10(16)8(7-9)3-4-12(15)5-6-12/h1-2,7,11,16H,3-6,15H2. The summed E-state index contributed by atoms with van der Waals surface area (Å²) in [6, 6.07) is 3.94. The molecule has 0 heterocycles. The minimum Gasteiger partial charge on any atom is -0.508 e. The molecule has 1 aromatic carbocycles. The highest BCUT2D eigenvalue weighted by atomic mass is 19.3. The fraction of sp³-hybridized carbons (Fsp3) is 0.500. The van der Waals surface area contributed by atoms with E-state index in [-0.39, 0.29) is 16.9 Å². The van der Waals surface area contributed by atoms with Crippen molar-refractivity contribution in [2.24, 2.45) is 5.73 Å². The molecule has 0 saturated heterocycles. The fourth-order valence-corrected chi connectivity index (χ4v) is 1.74. The van der Waals surface area contributed by atoms with Gasteiger partial charge in [-0.05, 0) is 49.4 Å². The Morgan fingerprint density at radius 3 is 2.62 bits per heavy atom. The van der Waals surface area contributed by atoms with Gasteiger partial charge in [-0.2, -0.15) is 0 Å². The van der Waals surface area contributed by atoms with E-state index in [2.05, 4.69) is 0 Å². The number of aromatic hydroxyl groups is 1. The fourth-order valence-electron chi connectivity index (χ4n) is 1.74. The number of halogens is 2. The van der Waals surface area contributed by atoms with Crippen LogP contribution in [0.5, 0.6) is 5.75 Å². The van der Waals surface area contributed by atoms with Crippen LogP contribution in [0.4, 0.5) is 8.78 Å². The van der Waals surface area contributed by atoms with E-state index in [1.165, 1.54) is 18.2 Å². The first-order valence-electron chi connectivity index (χ1n) is 5.39. The Kier molecular flexibility index (Phi) is 2.84. The molecule has 3 N–H and O–H groups in total. The van der Waals surface area contributed by atoms with Gasteiger partial charge < -0.3 is 10.8 Å². The second-order valence-corrected chi connectivity index (χ2v) is 4.55.